The average Bonchev–Trinajstić information content (AvgIpc) is 2.86. The van der Waals surface area contributed by atoms with Gasteiger partial charge in [0, 0.05) is 13.1 Å². The lowest BCUT2D eigenvalue weighted by Crippen LogP contribution is -2.26. The minimum atomic E-state index is -0.284. The molecule has 0 unspecified atom stereocenters. The van der Waals surface area contributed by atoms with E-state index in [0.29, 0.717) is 29.3 Å². The fourth-order valence-electron chi connectivity index (χ4n) is 1.53. The van der Waals surface area contributed by atoms with Crippen LogP contribution in [0.2, 0.25) is 0 Å². The van der Waals surface area contributed by atoms with Gasteiger partial charge in [0.1, 0.15) is 17.7 Å². The van der Waals surface area contributed by atoms with Crippen LogP contribution in [0.25, 0.3) is 0 Å². The summed E-state index contributed by atoms with van der Waals surface area (Å²) < 4.78 is 6.12. The molecule has 0 atom stereocenters. The third-order valence-electron chi connectivity index (χ3n) is 2.40. The third kappa shape index (κ3) is 2.12. The quantitative estimate of drug-likeness (QED) is 0.793. The van der Waals surface area contributed by atoms with Gasteiger partial charge in [0.2, 0.25) is 0 Å². The van der Waals surface area contributed by atoms with Crippen LogP contribution in [0.4, 0.5) is 5.69 Å². The van der Waals surface area contributed by atoms with Crippen molar-refractivity contribution in [2.24, 2.45) is 7.05 Å². The molecule has 0 aliphatic rings. The summed E-state index contributed by atoms with van der Waals surface area (Å²) in [5.41, 5.74) is 7.81. The van der Waals surface area contributed by atoms with Crippen LogP contribution in [-0.4, -0.2) is 20.8 Å². The van der Waals surface area contributed by atoms with Crippen LogP contribution in [0.5, 0.6) is 0 Å². The first-order valence-electron chi connectivity index (χ1n) is 5.06. The van der Waals surface area contributed by atoms with Gasteiger partial charge in [-0.15, -0.1) is 0 Å². The lowest BCUT2D eigenvalue weighted by molar-refractivity contribution is 0.0941. The number of carbonyl (C=O) groups is 1. The summed E-state index contributed by atoms with van der Waals surface area (Å²) in [7, 11) is 1.67. The number of aromatic nitrogens is 3. The summed E-state index contributed by atoms with van der Waals surface area (Å²) in [5.74, 6) is -0.284. The van der Waals surface area contributed by atoms with Crippen LogP contribution >= 0.6 is 0 Å². The molecule has 0 saturated carbocycles. The van der Waals surface area contributed by atoms with Gasteiger partial charge in [-0.05, 0) is 6.92 Å². The summed E-state index contributed by atoms with van der Waals surface area (Å²) in [6.07, 6.45) is 1.45. The monoisotopic (exact) mass is 235 g/mol. The highest BCUT2D eigenvalue weighted by atomic mass is 16.5. The molecule has 2 aromatic rings. The molecule has 7 heteroatoms. The molecular formula is C10H13N5O2. The van der Waals surface area contributed by atoms with Crippen molar-refractivity contribution in [3.8, 4) is 0 Å². The summed E-state index contributed by atoms with van der Waals surface area (Å²) >= 11 is 0. The summed E-state index contributed by atoms with van der Waals surface area (Å²) in [6.45, 7) is 2.04. The number of hydrogen-bond donors (Lipinski definition) is 2. The molecule has 7 nitrogen and oxygen atoms in total. The van der Waals surface area contributed by atoms with E-state index < -0.39 is 0 Å². The first-order chi connectivity index (χ1) is 8.09. The normalized spacial score (nSPS) is 10.5. The van der Waals surface area contributed by atoms with Crippen molar-refractivity contribution >= 4 is 11.6 Å². The predicted octanol–water partition coefficient (Wildman–Crippen LogP) is 0.229. The number of nitrogens with one attached hydrogen (secondary N) is 1. The molecule has 0 fully saturated rings. The standard InChI is InChI=1S/C10H13N5O2/c1-6-8(11)9(15(2)13-6)10(16)12-5-7-3-4-17-14-7/h3-4H,5,11H2,1-2H3,(H,12,16). The van der Waals surface area contributed by atoms with Crippen molar-refractivity contribution in [2.75, 3.05) is 5.73 Å². The van der Waals surface area contributed by atoms with E-state index in [1.165, 1.54) is 10.9 Å². The van der Waals surface area contributed by atoms with Gasteiger partial charge in [-0.25, -0.2) is 0 Å². The second-order valence-corrected chi connectivity index (χ2v) is 3.64. The largest absolute Gasteiger partial charge is 0.395 e. The molecule has 3 N–H and O–H groups in total. The van der Waals surface area contributed by atoms with Crippen molar-refractivity contribution in [3.63, 3.8) is 0 Å². The van der Waals surface area contributed by atoms with Gasteiger partial charge in [0.05, 0.1) is 17.9 Å². The van der Waals surface area contributed by atoms with Gasteiger partial charge in [0.25, 0.3) is 5.91 Å². The maximum atomic E-state index is 11.9. The van der Waals surface area contributed by atoms with Gasteiger partial charge in [-0.1, -0.05) is 5.16 Å². The van der Waals surface area contributed by atoms with Crippen LogP contribution in [-0.2, 0) is 13.6 Å². The fourth-order valence-corrected chi connectivity index (χ4v) is 1.53. The maximum Gasteiger partial charge on any atom is 0.272 e. The second-order valence-electron chi connectivity index (χ2n) is 3.64. The van der Waals surface area contributed by atoms with Crippen molar-refractivity contribution in [1.29, 1.82) is 0 Å². The zero-order valence-corrected chi connectivity index (χ0v) is 9.60. The van der Waals surface area contributed by atoms with E-state index in [9.17, 15) is 4.79 Å². The first kappa shape index (κ1) is 11.2. The average molecular weight is 235 g/mol. The van der Waals surface area contributed by atoms with Crippen molar-refractivity contribution in [3.05, 3.63) is 29.4 Å². The summed E-state index contributed by atoms with van der Waals surface area (Å²) in [5, 5.41) is 10.5. The van der Waals surface area contributed by atoms with Crippen LogP contribution < -0.4 is 11.1 Å². The van der Waals surface area contributed by atoms with Gasteiger partial charge >= 0.3 is 0 Å². The number of aryl methyl sites for hydroxylation is 2. The predicted molar refractivity (Wildman–Crippen MR) is 60.0 cm³/mol. The Hall–Kier alpha value is -2.31. The van der Waals surface area contributed by atoms with Crippen LogP contribution in [0.3, 0.4) is 0 Å². The highest BCUT2D eigenvalue weighted by Gasteiger charge is 2.17. The lowest BCUT2D eigenvalue weighted by Gasteiger charge is -2.04. The number of anilines is 1. The highest BCUT2D eigenvalue weighted by molar-refractivity contribution is 5.97. The molecular weight excluding hydrogens is 222 g/mol. The molecule has 2 rings (SSSR count). The van der Waals surface area contributed by atoms with Crippen molar-refractivity contribution in [2.45, 2.75) is 13.5 Å². The molecule has 0 aromatic carbocycles. The molecule has 0 aliphatic heterocycles. The van der Waals surface area contributed by atoms with E-state index in [1.807, 2.05) is 0 Å². The highest BCUT2D eigenvalue weighted by Crippen LogP contribution is 2.14. The molecule has 0 spiro atoms. The Labute approximate surface area is 97.6 Å². The minimum Gasteiger partial charge on any atom is -0.395 e. The SMILES string of the molecule is Cc1nn(C)c(C(=O)NCc2ccon2)c1N. The molecule has 0 bridgehead atoms. The Kier molecular flexibility index (Phi) is 2.82. The van der Waals surface area contributed by atoms with Crippen LogP contribution in [0, 0.1) is 6.92 Å². The van der Waals surface area contributed by atoms with E-state index in [1.54, 1.807) is 20.0 Å². The maximum absolute atomic E-state index is 11.9. The zero-order chi connectivity index (χ0) is 12.4. The molecule has 0 saturated heterocycles. The number of carbonyl (C=O) groups excluding carboxylic acids is 1. The van der Waals surface area contributed by atoms with E-state index >= 15 is 0 Å². The fraction of sp³-hybridized carbons (Fsp3) is 0.300. The molecule has 0 aliphatic carbocycles. The molecule has 2 aromatic heterocycles. The van der Waals surface area contributed by atoms with E-state index in [0.717, 1.165) is 0 Å². The molecule has 17 heavy (non-hydrogen) atoms. The topological polar surface area (TPSA) is 99.0 Å². The number of nitrogens with two attached hydrogens (primary N) is 1. The molecule has 90 valence electrons. The minimum absolute atomic E-state index is 0.284. The summed E-state index contributed by atoms with van der Waals surface area (Å²) in [6, 6.07) is 1.68. The lowest BCUT2D eigenvalue weighted by atomic mass is 10.3. The first-order valence-corrected chi connectivity index (χ1v) is 5.06. The number of nitrogen functional groups attached to an aromatic ring is 1. The Balaban J connectivity index is 2.10. The molecule has 2 heterocycles. The Morgan fingerprint density at radius 3 is 2.94 bits per heavy atom. The number of hydrogen-bond acceptors (Lipinski definition) is 5. The van der Waals surface area contributed by atoms with Crippen LogP contribution in [0.15, 0.2) is 16.9 Å². The smallest absolute Gasteiger partial charge is 0.272 e. The van der Waals surface area contributed by atoms with Crippen molar-refractivity contribution in [1.82, 2.24) is 20.3 Å². The Morgan fingerprint density at radius 1 is 1.65 bits per heavy atom. The van der Waals surface area contributed by atoms with Crippen LogP contribution in [0.1, 0.15) is 21.9 Å². The molecule has 1 amide bonds. The number of amides is 1. The molecule has 0 radical (unpaired) electrons. The van der Waals surface area contributed by atoms with Gasteiger partial charge < -0.3 is 15.6 Å². The van der Waals surface area contributed by atoms with Gasteiger partial charge in [0.15, 0.2) is 0 Å². The van der Waals surface area contributed by atoms with E-state index in [-0.39, 0.29) is 5.91 Å². The van der Waals surface area contributed by atoms with E-state index in [4.69, 9.17) is 5.73 Å². The third-order valence-corrected chi connectivity index (χ3v) is 2.40. The van der Waals surface area contributed by atoms with Gasteiger partial charge in [-0.2, -0.15) is 5.10 Å². The van der Waals surface area contributed by atoms with Crippen molar-refractivity contribution < 1.29 is 9.32 Å². The van der Waals surface area contributed by atoms with E-state index in [2.05, 4.69) is 20.1 Å². The Morgan fingerprint density at radius 2 is 2.41 bits per heavy atom. The van der Waals surface area contributed by atoms with Gasteiger partial charge in [-0.3, -0.25) is 9.48 Å². The number of nitrogens with zero attached hydrogens (tertiary/aromatic N) is 3. The Bertz CT molecular complexity index is 529. The summed E-state index contributed by atoms with van der Waals surface area (Å²) in [4.78, 5) is 11.9. The zero-order valence-electron chi connectivity index (χ0n) is 9.60. The number of rotatable bonds is 3. The second kappa shape index (κ2) is 4.28.